The Labute approximate surface area is 121 Å². The average Bonchev–Trinajstić information content (AvgIpc) is 2.83. The number of carboxylic acids is 1. The van der Waals surface area contributed by atoms with E-state index in [4.69, 9.17) is 22.4 Å². The summed E-state index contributed by atoms with van der Waals surface area (Å²) in [4.78, 5) is 24.6. The van der Waals surface area contributed by atoms with Crippen molar-refractivity contribution >= 4 is 29.2 Å². The van der Waals surface area contributed by atoms with E-state index in [-0.39, 0.29) is 24.4 Å². The molecule has 1 aromatic carbocycles. The first kappa shape index (κ1) is 14.6. The summed E-state index contributed by atoms with van der Waals surface area (Å²) in [6.07, 6.45) is 4.00. The lowest BCUT2D eigenvalue weighted by molar-refractivity contribution is -0.137. The maximum atomic E-state index is 12.4. The Morgan fingerprint density at radius 1 is 1.30 bits per heavy atom. The smallest absolute Gasteiger partial charge is 0.323 e. The number of carboxylic acid groups (broad SMARTS) is 1. The van der Waals surface area contributed by atoms with Gasteiger partial charge in [0.05, 0.1) is 5.92 Å². The van der Waals surface area contributed by atoms with Gasteiger partial charge in [0, 0.05) is 16.8 Å². The maximum absolute atomic E-state index is 12.4. The van der Waals surface area contributed by atoms with Crippen LogP contribution in [0.1, 0.15) is 6.42 Å². The Balaban J connectivity index is 2.23. The number of hydrogen-bond acceptors (Lipinski definition) is 3. The van der Waals surface area contributed by atoms with Gasteiger partial charge in [0.25, 0.3) is 0 Å². The SMILES string of the molecule is NC1C=CC(C(=O)N(CC(=O)O)c2ccc(Cl)cc2)C1. The Kier molecular flexibility index (Phi) is 4.42. The van der Waals surface area contributed by atoms with Crippen LogP contribution < -0.4 is 10.6 Å². The first-order chi connectivity index (χ1) is 9.47. The van der Waals surface area contributed by atoms with Gasteiger partial charge in [-0.25, -0.2) is 0 Å². The lowest BCUT2D eigenvalue weighted by Gasteiger charge is -2.24. The van der Waals surface area contributed by atoms with E-state index in [0.717, 1.165) is 0 Å². The van der Waals surface area contributed by atoms with E-state index in [0.29, 0.717) is 17.1 Å². The summed E-state index contributed by atoms with van der Waals surface area (Å²) in [5.41, 5.74) is 6.24. The van der Waals surface area contributed by atoms with Crippen molar-refractivity contribution in [3.05, 3.63) is 41.4 Å². The maximum Gasteiger partial charge on any atom is 0.323 e. The fourth-order valence-corrected chi connectivity index (χ4v) is 2.29. The Bertz CT molecular complexity index is 542. The molecule has 1 aromatic rings. The number of hydrogen-bond donors (Lipinski definition) is 2. The van der Waals surface area contributed by atoms with Crippen LogP contribution in [0, 0.1) is 5.92 Å². The van der Waals surface area contributed by atoms with Crippen LogP contribution in [-0.2, 0) is 9.59 Å². The largest absolute Gasteiger partial charge is 0.480 e. The van der Waals surface area contributed by atoms with Crippen LogP contribution in [-0.4, -0.2) is 29.6 Å². The zero-order chi connectivity index (χ0) is 14.7. The molecule has 1 amide bonds. The molecule has 1 aliphatic rings. The number of benzene rings is 1. The predicted molar refractivity (Wildman–Crippen MR) is 76.7 cm³/mol. The Morgan fingerprint density at radius 3 is 2.45 bits per heavy atom. The molecule has 0 heterocycles. The second-order valence-electron chi connectivity index (χ2n) is 4.69. The van der Waals surface area contributed by atoms with Crippen LogP contribution in [0.5, 0.6) is 0 Å². The first-order valence-corrected chi connectivity index (χ1v) is 6.58. The minimum absolute atomic E-state index is 0.152. The Hall–Kier alpha value is -1.85. The highest BCUT2D eigenvalue weighted by atomic mass is 35.5. The summed E-state index contributed by atoms with van der Waals surface area (Å²) in [6, 6.07) is 6.34. The number of aliphatic carboxylic acids is 1. The van der Waals surface area contributed by atoms with Crippen molar-refractivity contribution in [2.75, 3.05) is 11.4 Å². The number of halogens is 1. The molecule has 2 rings (SSSR count). The molecule has 0 saturated heterocycles. The number of nitrogens with two attached hydrogens (primary N) is 1. The van der Waals surface area contributed by atoms with Crippen LogP contribution in [0.4, 0.5) is 5.69 Å². The normalized spacial score (nSPS) is 20.9. The van der Waals surface area contributed by atoms with Gasteiger partial charge in [-0.1, -0.05) is 23.8 Å². The summed E-state index contributed by atoms with van der Waals surface area (Å²) < 4.78 is 0. The molecule has 0 aliphatic heterocycles. The van der Waals surface area contributed by atoms with E-state index in [9.17, 15) is 9.59 Å². The molecule has 5 nitrogen and oxygen atoms in total. The summed E-state index contributed by atoms with van der Waals surface area (Å²) >= 11 is 5.80. The van der Waals surface area contributed by atoms with Crippen LogP contribution in [0.2, 0.25) is 5.02 Å². The summed E-state index contributed by atoms with van der Waals surface area (Å²) in [6.45, 7) is -0.389. The molecule has 0 spiro atoms. The van der Waals surface area contributed by atoms with Crippen LogP contribution in [0.15, 0.2) is 36.4 Å². The van der Waals surface area contributed by atoms with E-state index in [1.807, 2.05) is 0 Å². The summed E-state index contributed by atoms with van der Waals surface area (Å²) in [5.74, 6) is -1.71. The highest BCUT2D eigenvalue weighted by molar-refractivity contribution is 6.30. The highest BCUT2D eigenvalue weighted by Crippen LogP contribution is 2.24. The van der Waals surface area contributed by atoms with Crippen molar-refractivity contribution in [1.82, 2.24) is 0 Å². The van der Waals surface area contributed by atoms with Gasteiger partial charge in [-0.2, -0.15) is 0 Å². The molecule has 3 N–H and O–H groups in total. The minimum Gasteiger partial charge on any atom is -0.480 e. The third kappa shape index (κ3) is 3.37. The second kappa shape index (κ2) is 6.07. The number of carbonyl (C=O) groups excluding carboxylic acids is 1. The van der Waals surface area contributed by atoms with Crippen LogP contribution in [0.3, 0.4) is 0 Å². The van der Waals surface area contributed by atoms with Gasteiger partial charge in [-0.05, 0) is 30.7 Å². The molecule has 0 radical (unpaired) electrons. The molecule has 1 aliphatic carbocycles. The fourth-order valence-electron chi connectivity index (χ4n) is 2.16. The first-order valence-electron chi connectivity index (χ1n) is 6.20. The zero-order valence-corrected chi connectivity index (χ0v) is 11.5. The van der Waals surface area contributed by atoms with Crippen molar-refractivity contribution in [3.63, 3.8) is 0 Å². The van der Waals surface area contributed by atoms with Gasteiger partial charge >= 0.3 is 5.97 Å². The van der Waals surface area contributed by atoms with E-state index < -0.39 is 5.97 Å². The third-order valence-electron chi connectivity index (χ3n) is 3.13. The lowest BCUT2D eigenvalue weighted by Crippen LogP contribution is -2.39. The molecule has 0 fully saturated rings. The molecule has 6 heteroatoms. The van der Waals surface area contributed by atoms with Gasteiger partial charge in [0.1, 0.15) is 6.54 Å². The van der Waals surface area contributed by atoms with Crippen molar-refractivity contribution < 1.29 is 14.7 Å². The summed E-state index contributed by atoms with van der Waals surface area (Å²) in [5, 5.41) is 9.51. The Morgan fingerprint density at radius 2 is 1.95 bits per heavy atom. The van der Waals surface area contributed by atoms with Gasteiger partial charge < -0.3 is 15.7 Å². The van der Waals surface area contributed by atoms with E-state index >= 15 is 0 Å². The van der Waals surface area contributed by atoms with Crippen molar-refractivity contribution in [1.29, 1.82) is 0 Å². The molecule has 0 saturated carbocycles. The number of carbonyl (C=O) groups is 2. The molecular weight excluding hydrogens is 280 g/mol. The summed E-state index contributed by atoms with van der Waals surface area (Å²) in [7, 11) is 0. The molecule has 2 atom stereocenters. The number of amides is 1. The standard InChI is InChI=1S/C14H15ClN2O3/c15-10-2-5-12(6-3-10)17(8-13(18)19)14(20)9-1-4-11(16)7-9/h1-6,9,11H,7-8,16H2,(H,18,19). The molecule has 106 valence electrons. The molecule has 0 bridgehead atoms. The van der Waals surface area contributed by atoms with Crippen molar-refractivity contribution in [3.8, 4) is 0 Å². The number of rotatable bonds is 4. The minimum atomic E-state index is -1.07. The van der Waals surface area contributed by atoms with Gasteiger partial charge in [-0.15, -0.1) is 0 Å². The molecule has 2 unspecified atom stereocenters. The average molecular weight is 295 g/mol. The predicted octanol–water partition coefficient (Wildman–Crippen LogP) is 1.66. The lowest BCUT2D eigenvalue weighted by atomic mass is 10.1. The second-order valence-corrected chi connectivity index (χ2v) is 5.12. The van der Waals surface area contributed by atoms with Crippen molar-refractivity contribution in [2.45, 2.75) is 12.5 Å². The highest BCUT2D eigenvalue weighted by Gasteiger charge is 2.29. The van der Waals surface area contributed by atoms with Gasteiger partial charge in [0.2, 0.25) is 5.91 Å². The monoisotopic (exact) mass is 294 g/mol. The molecule has 20 heavy (non-hydrogen) atoms. The van der Waals surface area contributed by atoms with Crippen LogP contribution in [0.25, 0.3) is 0 Å². The molecular formula is C14H15ClN2O3. The van der Waals surface area contributed by atoms with E-state index in [1.165, 1.54) is 4.90 Å². The topological polar surface area (TPSA) is 83.6 Å². The zero-order valence-electron chi connectivity index (χ0n) is 10.7. The van der Waals surface area contributed by atoms with Gasteiger partial charge in [-0.3, -0.25) is 9.59 Å². The quantitative estimate of drug-likeness (QED) is 0.827. The van der Waals surface area contributed by atoms with Crippen LogP contribution >= 0.6 is 11.6 Å². The molecule has 0 aromatic heterocycles. The van der Waals surface area contributed by atoms with Crippen molar-refractivity contribution in [2.24, 2.45) is 11.7 Å². The fraction of sp³-hybridized carbons (Fsp3) is 0.286. The van der Waals surface area contributed by atoms with Gasteiger partial charge in [0.15, 0.2) is 0 Å². The number of anilines is 1. The van der Waals surface area contributed by atoms with E-state index in [1.54, 1.807) is 36.4 Å². The third-order valence-corrected chi connectivity index (χ3v) is 3.38. The van der Waals surface area contributed by atoms with E-state index in [2.05, 4.69) is 0 Å². The number of nitrogens with zero attached hydrogens (tertiary/aromatic N) is 1.